The van der Waals surface area contributed by atoms with E-state index in [9.17, 15) is 22.8 Å². The van der Waals surface area contributed by atoms with Crippen LogP contribution in [0.5, 0.6) is 0 Å². The monoisotopic (exact) mass is 467 g/mol. The van der Waals surface area contributed by atoms with Crippen molar-refractivity contribution in [2.24, 2.45) is 0 Å². The van der Waals surface area contributed by atoms with Crippen molar-refractivity contribution in [3.05, 3.63) is 51.6 Å². The highest BCUT2D eigenvalue weighted by molar-refractivity contribution is 8.00. The van der Waals surface area contributed by atoms with Crippen LogP contribution in [0.4, 0.5) is 18.9 Å². The van der Waals surface area contributed by atoms with E-state index >= 15 is 0 Å². The summed E-state index contributed by atoms with van der Waals surface area (Å²) in [4.78, 5) is 29.3. The van der Waals surface area contributed by atoms with Gasteiger partial charge >= 0.3 is 11.9 Å². The Bertz CT molecular complexity index is 1050. The molecular weight excluding hydrogens is 443 g/mol. The quantitative estimate of drug-likeness (QED) is 0.513. The van der Waals surface area contributed by atoms with Crippen molar-refractivity contribution in [3.63, 3.8) is 0 Å². The average Bonchev–Trinajstić information content (AvgIpc) is 3.27. The first kappa shape index (κ1) is 22.8. The number of halogens is 3. The number of alkyl halides is 3. The number of nitrogens with one attached hydrogen (secondary N) is 1. The Morgan fingerprint density at radius 2 is 2.06 bits per heavy atom. The van der Waals surface area contributed by atoms with Gasteiger partial charge in [0.25, 0.3) is 0 Å². The van der Waals surface area contributed by atoms with Gasteiger partial charge in [0.2, 0.25) is 5.91 Å². The molecule has 0 radical (unpaired) electrons. The summed E-state index contributed by atoms with van der Waals surface area (Å²) >= 11 is 1.15. The minimum absolute atomic E-state index is 0.0252. The summed E-state index contributed by atoms with van der Waals surface area (Å²) in [5, 5.41) is 3.03. The molecule has 4 rings (SSSR count). The summed E-state index contributed by atoms with van der Waals surface area (Å²) < 4.78 is 46.0. The van der Waals surface area contributed by atoms with E-state index in [1.165, 1.54) is 12.1 Å². The van der Waals surface area contributed by atoms with Crippen LogP contribution in [0.1, 0.15) is 42.5 Å². The van der Waals surface area contributed by atoms with E-state index in [2.05, 4.69) is 10.3 Å². The molecule has 1 aliphatic heterocycles. The first-order valence-corrected chi connectivity index (χ1v) is 11.6. The molecule has 1 aromatic carbocycles. The van der Waals surface area contributed by atoms with Crippen LogP contribution in [0.3, 0.4) is 0 Å². The largest absolute Gasteiger partial charge is 0.416 e. The predicted octanol–water partition coefficient (Wildman–Crippen LogP) is 4.05. The van der Waals surface area contributed by atoms with Crippen LogP contribution in [0, 0.1) is 0 Å². The molecule has 6 nitrogen and oxygen atoms in total. The number of anilines is 1. The first-order chi connectivity index (χ1) is 15.3. The molecular formula is C22H24F3N3O3S. The molecule has 1 amide bonds. The number of aromatic nitrogens is 2. The Balaban J connectivity index is 1.47. The summed E-state index contributed by atoms with van der Waals surface area (Å²) in [5.74, 6) is -0.505. The molecule has 1 atom stereocenters. The fourth-order valence-corrected chi connectivity index (χ4v) is 5.03. The molecule has 32 heavy (non-hydrogen) atoms. The minimum Gasteiger partial charge on any atom is -0.376 e. The number of hydrogen-bond donors (Lipinski definition) is 1. The number of fused-ring (bicyclic) bond motifs is 1. The maximum atomic E-state index is 12.9. The summed E-state index contributed by atoms with van der Waals surface area (Å²) in [5.41, 5.74) is 0.862. The average molecular weight is 468 g/mol. The molecule has 2 heterocycles. The number of ether oxygens (including phenoxy) is 1. The highest BCUT2D eigenvalue weighted by Gasteiger charge is 2.30. The van der Waals surface area contributed by atoms with Crippen LogP contribution < -0.4 is 11.0 Å². The Morgan fingerprint density at radius 3 is 2.81 bits per heavy atom. The molecule has 0 saturated carbocycles. The summed E-state index contributed by atoms with van der Waals surface area (Å²) in [7, 11) is 0. The van der Waals surface area contributed by atoms with E-state index in [1.54, 1.807) is 4.57 Å². The molecule has 10 heteroatoms. The number of hydrogen-bond acceptors (Lipinski definition) is 5. The third kappa shape index (κ3) is 5.35. The topological polar surface area (TPSA) is 73.2 Å². The van der Waals surface area contributed by atoms with Crippen molar-refractivity contribution in [2.45, 2.75) is 62.4 Å². The zero-order valence-electron chi connectivity index (χ0n) is 17.4. The Kier molecular flexibility index (Phi) is 6.90. The molecule has 0 spiro atoms. The SMILES string of the molecule is O=C(CSc1nc(=O)n(CC2CCCO2)c2c1CCCC2)Nc1cccc(C(F)(F)F)c1. The van der Waals surface area contributed by atoms with Crippen molar-refractivity contribution in [1.29, 1.82) is 0 Å². The van der Waals surface area contributed by atoms with Gasteiger partial charge in [-0.25, -0.2) is 4.79 Å². The van der Waals surface area contributed by atoms with E-state index in [-0.39, 0.29) is 23.2 Å². The standard InChI is InChI=1S/C22H24F3N3O3S/c23-22(24,25)14-5-3-6-15(11-14)26-19(29)13-32-20-17-8-1-2-9-18(17)28(21(30)27-20)12-16-7-4-10-31-16/h3,5-6,11,16H,1-2,4,7-10,12-13H2,(H,26,29). The molecule has 2 aliphatic rings. The summed E-state index contributed by atoms with van der Waals surface area (Å²) in [6.07, 6.45) is 0.995. The molecule has 172 valence electrons. The minimum atomic E-state index is -4.48. The maximum Gasteiger partial charge on any atom is 0.416 e. The number of rotatable bonds is 6. The summed E-state index contributed by atoms with van der Waals surface area (Å²) in [6, 6.07) is 4.50. The van der Waals surface area contributed by atoms with Crippen LogP contribution in [0.15, 0.2) is 34.1 Å². The molecule has 2 aromatic rings. The highest BCUT2D eigenvalue weighted by Crippen LogP contribution is 2.31. The van der Waals surface area contributed by atoms with Crippen molar-refractivity contribution >= 4 is 23.4 Å². The van der Waals surface area contributed by atoms with Crippen LogP contribution in [0.2, 0.25) is 0 Å². The molecule has 1 unspecified atom stereocenters. The van der Waals surface area contributed by atoms with Gasteiger partial charge in [-0.15, -0.1) is 0 Å². The highest BCUT2D eigenvalue weighted by atomic mass is 32.2. The summed E-state index contributed by atoms with van der Waals surface area (Å²) in [6.45, 7) is 1.21. The van der Waals surface area contributed by atoms with E-state index in [0.29, 0.717) is 18.2 Å². The first-order valence-electron chi connectivity index (χ1n) is 10.7. The number of thioether (sulfide) groups is 1. The fraction of sp³-hybridized carbons (Fsp3) is 0.500. The molecule has 1 N–H and O–H groups in total. The Hall–Kier alpha value is -2.33. The van der Waals surface area contributed by atoms with Crippen LogP contribution in [0.25, 0.3) is 0 Å². The number of carbonyl (C=O) groups is 1. The van der Waals surface area contributed by atoms with Gasteiger partial charge in [0.05, 0.1) is 24.0 Å². The second-order valence-corrected chi connectivity index (χ2v) is 8.96. The molecule has 1 saturated heterocycles. The van der Waals surface area contributed by atoms with E-state index in [1.807, 2.05) is 0 Å². The van der Waals surface area contributed by atoms with Gasteiger partial charge in [-0.3, -0.25) is 9.36 Å². The second kappa shape index (κ2) is 9.66. The van der Waals surface area contributed by atoms with Crippen LogP contribution in [-0.4, -0.2) is 33.9 Å². The lowest BCUT2D eigenvalue weighted by Crippen LogP contribution is -2.34. The van der Waals surface area contributed by atoms with Gasteiger partial charge < -0.3 is 10.1 Å². The number of benzene rings is 1. The van der Waals surface area contributed by atoms with Gasteiger partial charge in [0.15, 0.2) is 0 Å². The predicted molar refractivity (Wildman–Crippen MR) is 115 cm³/mol. The van der Waals surface area contributed by atoms with Crippen molar-refractivity contribution < 1.29 is 22.7 Å². The molecule has 1 fully saturated rings. The Morgan fingerprint density at radius 1 is 1.25 bits per heavy atom. The van der Waals surface area contributed by atoms with Gasteiger partial charge in [-0.05, 0) is 56.7 Å². The smallest absolute Gasteiger partial charge is 0.376 e. The van der Waals surface area contributed by atoms with Crippen molar-refractivity contribution in [1.82, 2.24) is 9.55 Å². The third-order valence-electron chi connectivity index (χ3n) is 5.67. The third-order valence-corrected chi connectivity index (χ3v) is 6.69. The zero-order chi connectivity index (χ0) is 22.7. The van der Waals surface area contributed by atoms with E-state index < -0.39 is 17.6 Å². The van der Waals surface area contributed by atoms with Gasteiger partial charge in [-0.1, -0.05) is 17.8 Å². The number of carbonyl (C=O) groups excluding carboxylic acids is 1. The fourth-order valence-electron chi connectivity index (χ4n) is 4.15. The maximum absolute atomic E-state index is 12.9. The van der Waals surface area contributed by atoms with Crippen molar-refractivity contribution in [2.75, 3.05) is 17.7 Å². The lowest BCUT2D eigenvalue weighted by molar-refractivity contribution is -0.137. The molecule has 1 aliphatic carbocycles. The lowest BCUT2D eigenvalue weighted by atomic mass is 9.97. The molecule has 1 aromatic heterocycles. The molecule has 0 bridgehead atoms. The number of nitrogens with zero attached hydrogens (tertiary/aromatic N) is 2. The lowest BCUT2D eigenvalue weighted by Gasteiger charge is -2.24. The van der Waals surface area contributed by atoms with Gasteiger partial charge in [0, 0.05) is 23.6 Å². The number of amides is 1. The van der Waals surface area contributed by atoms with E-state index in [4.69, 9.17) is 4.74 Å². The van der Waals surface area contributed by atoms with Gasteiger partial charge in [0.1, 0.15) is 5.03 Å². The van der Waals surface area contributed by atoms with Gasteiger partial charge in [-0.2, -0.15) is 18.2 Å². The zero-order valence-corrected chi connectivity index (χ0v) is 18.2. The second-order valence-electron chi connectivity index (χ2n) is 7.99. The van der Waals surface area contributed by atoms with Crippen LogP contribution in [-0.2, 0) is 35.1 Å². The van der Waals surface area contributed by atoms with Crippen molar-refractivity contribution in [3.8, 4) is 0 Å². The van der Waals surface area contributed by atoms with E-state index in [0.717, 1.165) is 73.7 Å². The van der Waals surface area contributed by atoms with Crippen LogP contribution >= 0.6 is 11.8 Å². The Labute approximate surface area is 187 Å². The normalized spacial score (nSPS) is 18.4.